The van der Waals surface area contributed by atoms with E-state index in [9.17, 15) is 13.2 Å². The molecule has 2 aromatic carbocycles. The summed E-state index contributed by atoms with van der Waals surface area (Å²) < 4.78 is 32.3. The molecule has 0 amide bonds. The van der Waals surface area contributed by atoms with Crippen molar-refractivity contribution in [2.24, 2.45) is 0 Å². The minimum atomic E-state index is -3.65. The number of rotatable bonds is 3. The number of piperazine rings is 1. The van der Waals surface area contributed by atoms with Gasteiger partial charge in [-0.3, -0.25) is 4.98 Å². The molecule has 2 heterocycles. The third-order valence-electron chi connectivity index (χ3n) is 4.78. The third-order valence-corrected chi connectivity index (χ3v) is 6.91. The van der Waals surface area contributed by atoms with Crippen molar-refractivity contribution in [3.05, 3.63) is 57.5 Å². The highest BCUT2D eigenvalue weighted by Crippen LogP contribution is 2.27. The molecule has 1 aromatic heterocycles. The Labute approximate surface area is 161 Å². The molecule has 1 N–H and O–H groups in total. The standard InChI is InChI=1S/C18H18ClN3O4S/c1-12-2-3-13(19)10-16(12)21-6-8-22(9-7-21)27(24,25)14-4-5-17-15(11-14)20-18(23)26-17/h2-5,10-11H,6-9H2,1H3,(H,20,23). The summed E-state index contributed by atoms with van der Waals surface area (Å²) >= 11 is 6.10. The molecular weight excluding hydrogens is 390 g/mol. The number of sulfonamides is 1. The average molecular weight is 408 g/mol. The van der Waals surface area contributed by atoms with Gasteiger partial charge in [-0.1, -0.05) is 17.7 Å². The molecule has 0 saturated carbocycles. The van der Waals surface area contributed by atoms with Crippen molar-refractivity contribution in [2.45, 2.75) is 11.8 Å². The fourth-order valence-electron chi connectivity index (χ4n) is 3.33. The van der Waals surface area contributed by atoms with E-state index < -0.39 is 15.8 Å². The summed E-state index contributed by atoms with van der Waals surface area (Å²) in [6, 6.07) is 10.1. The molecule has 142 valence electrons. The lowest BCUT2D eigenvalue weighted by molar-refractivity contribution is 0.385. The van der Waals surface area contributed by atoms with Crippen molar-refractivity contribution in [1.29, 1.82) is 0 Å². The second-order valence-electron chi connectivity index (χ2n) is 6.49. The van der Waals surface area contributed by atoms with Crippen LogP contribution in [-0.4, -0.2) is 43.9 Å². The maximum Gasteiger partial charge on any atom is 0.417 e. The van der Waals surface area contributed by atoms with Crippen molar-refractivity contribution in [1.82, 2.24) is 9.29 Å². The number of aryl methyl sites for hydroxylation is 1. The number of halogens is 1. The van der Waals surface area contributed by atoms with E-state index in [0.717, 1.165) is 11.3 Å². The number of fused-ring (bicyclic) bond motifs is 1. The van der Waals surface area contributed by atoms with Crippen LogP contribution in [0.5, 0.6) is 0 Å². The molecule has 1 aliphatic heterocycles. The van der Waals surface area contributed by atoms with Crippen LogP contribution >= 0.6 is 11.6 Å². The molecule has 0 bridgehead atoms. The van der Waals surface area contributed by atoms with Gasteiger partial charge in [0.25, 0.3) is 0 Å². The number of aromatic nitrogens is 1. The number of anilines is 1. The van der Waals surface area contributed by atoms with Gasteiger partial charge in [0.1, 0.15) is 0 Å². The lowest BCUT2D eigenvalue weighted by atomic mass is 10.1. The predicted octanol–water partition coefficient (Wildman–Crippen LogP) is 2.59. The van der Waals surface area contributed by atoms with E-state index in [1.54, 1.807) is 0 Å². The Morgan fingerprint density at radius 1 is 1.07 bits per heavy atom. The van der Waals surface area contributed by atoms with Gasteiger partial charge in [0, 0.05) is 36.9 Å². The fourth-order valence-corrected chi connectivity index (χ4v) is 4.95. The zero-order valence-corrected chi connectivity index (χ0v) is 16.2. The Hall–Kier alpha value is -2.29. The molecule has 4 rings (SSSR count). The highest BCUT2D eigenvalue weighted by atomic mass is 35.5. The second kappa shape index (κ2) is 6.70. The molecule has 0 unspecified atom stereocenters. The highest BCUT2D eigenvalue weighted by molar-refractivity contribution is 7.89. The maximum atomic E-state index is 13.0. The van der Waals surface area contributed by atoms with Crippen molar-refractivity contribution in [2.75, 3.05) is 31.1 Å². The Bertz CT molecular complexity index is 1160. The SMILES string of the molecule is Cc1ccc(Cl)cc1N1CCN(S(=O)(=O)c2ccc3oc(=O)[nH]c3c2)CC1. The maximum absolute atomic E-state index is 13.0. The summed E-state index contributed by atoms with van der Waals surface area (Å²) in [7, 11) is -3.65. The minimum Gasteiger partial charge on any atom is -0.408 e. The van der Waals surface area contributed by atoms with Crippen LogP contribution in [0.2, 0.25) is 5.02 Å². The molecular formula is C18H18ClN3O4S. The van der Waals surface area contributed by atoms with E-state index >= 15 is 0 Å². The highest BCUT2D eigenvalue weighted by Gasteiger charge is 2.29. The lowest BCUT2D eigenvalue weighted by Gasteiger charge is -2.36. The Balaban J connectivity index is 1.55. The van der Waals surface area contributed by atoms with Gasteiger partial charge in [0.05, 0.1) is 10.4 Å². The van der Waals surface area contributed by atoms with Crippen LogP contribution in [-0.2, 0) is 10.0 Å². The Morgan fingerprint density at radius 2 is 1.81 bits per heavy atom. The number of hydrogen-bond donors (Lipinski definition) is 1. The quantitative estimate of drug-likeness (QED) is 0.721. The van der Waals surface area contributed by atoms with Crippen LogP contribution in [0.4, 0.5) is 5.69 Å². The van der Waals surface area contributed by atoms with Crippen molar-refractivity contribution < 1.29 is 12.8 Å². The van der Waals surface area contributed by atoms with Crippen LogP contribution in [0.1, 0.15) is 5.56 Å². The van der Waals surface area contributed by atoms with Gasteiger partial charge in [-0.2, -0.15) is 4.31 Å². The first-order valence-corrected chi connectivity index (χ1v) is 10.3. The van der Waals surface area contributed by atoms with Crippen LogP contribution in [0, 0.1) is 6.92 Å². The van der Waals surface area contributed by atoms with Gasteiger partial charge in [-0.05, 0) is 42.8 Å². The van der Waals surface area contributed by atoms with Crippen LogP contribution < -0.4 is 10.7 Å². The summed E-state index contributed by atoms with van der Waals surface area (Å²) in [6.45, 7) is 3.90. The number of oxazole rings is 1. The number of benzene rings is 2. The van der Waals surface area contributed by atoms with E-state index in [1.807, 2.05) is 25.1 Å². The summed E-state index contributed by atoms with van der Waals surface area (Å²) in [5.41, 5.74) is 2.83. The van der Waals surface area contributed by atoms with Gasteiger partial charge in [0.15, 0.2) is 5.58 Å². The first-order valence-electron chi connectivity index (χ1n) is 8.49. The van der Waals surface area contributed by atoms with Crippen molar-refractivity contribution in [3.63, 3.8) is 0 Å². The van der Waals surface area contributed by atoms with Gasteiger partial charge in [-0.15, -0.1) is 0 Å². The Morgan fingerprint density at radius 3 is 2.56 bits per heavy atom. The summed E-state index contributed by atoms with van der Waals surface area (Å²) in [6.07, 6.45) is 0. The zero-order valence-electron chi connectivity index (χ0n) is 14.6. The fraction of sp³-hybridized carbons (Fsp3) is 0.278. The predicted molar refractivity (Wildman–Crippen MR) is 104 cm³/mol. The largest absolute Gasteiger partial charge is 0.417 e. The Kier molecular flexibility index (Phi) is 4.49. The monoisotopic (exact) mass is 407 g/mol. The topological polar surface area (TPSA) is 86.6 Å². The summed E-state index contributed by atoms with van der Waals surface area (Å²) in [4.78, 5) is 16.0. The number of H-pyrrole nitrogens is 1. The third kappa shape index (κ3) is 3.36. The molecule has 27 heavy (non-hydrogen) atoms. The number of nitrogens with one attached hydrogen (secondary N) is 1. The van der Waals surface area contributed by atoms with Crippen molar-refractivity contribution >= 4 is 38.4 Å². The minimum absolute atomic E-state index is 0.138. The first-order chi connectivity index (χ1) is 12.8. The molecule has 0 spiro atoms. The van der Waals surface area contributed by atoms with Crippen LogP contribution in [0.3, 0.4) is 0 Å². The first kappa shape index (κ1) is 18.1. The van der Waals surface area contributed by atoms with E-state index in [1.165, 1.54) is 22.5 Å². The average Bonchev–Trinajstić information content (AvgIpc) is 3.03. The van der Waals surface area contributed by atoms with E-state index in [4.69, 9.17) is 16.0 Å². The number of nitrogens with zero attached hydrogens (tertiary/aromatic N) is 2. The number of aromatic amines is 1. The molecule has 3 aromatic rings. The molecule has 7 nitrogen and oxygen atoms in total. The molecule has 1 saturated heterocycles. The number of hydrogen-bond acceptors (Lipinski definition) is 5. The summed E-state index contributed by atoms with van der Waals surface area (Å²) in [5.74, 6) is -0.606. The smallest absolute Gasteiger partial charge is 0.408 e. The van der Waals surface area contributed by atoms with Crippen molar-refractivity contribution in [3.8, 4) is 0 Å². The summed E-state index contributed by atoms with van der Waals surface area (Å²) in [5, 5.41) is 0.660. The van der Waals surface area contributed by atoms with Crippen LogP contribution in [0.15, 0.2) is 50.5 Å². The normalized spacial score (nSPS) is 16.1. The molecule has 0 aliphatic carbocycles. The van der Waals surface area contributed by atoms with E-state index in [0.29, 0.717) is 42.3 Å². The second-order valence-corrected chi connectivity index (χ2v) is 8.87. The molecule has 1 fully saturated rings. The van der Waals surface area contributed by atoms with Gasteiger partial charge >= 0.3 is 5.76 Å². The van der Waals surface area contributed by atoms with Gasteiger partial charge in [0.2, 0.25) is 10.0 Å². The van der Waals surface area contributed by atoms with Gasteiger partial charge < -0.3 is 9.32 Å². The lowest BCUT2D eigenvalue weighted by Crippen LogP contribution is -2.48. The van der Waals surface area contributed by atoms with E-state index in [-0.39, 0.29) is 4.90 Å². The van der Waals surface area contributed by atoms with Gasteiger partial charge in [-0.25, -0.2) is 13.2 Å². The molecule has 0 radical (unpaired) electrons. The van der Waals surface area contributed by atoms with Crippen LogP contribution in [0.25, 0.3) is 11.1 Å². The zero-order chi connectivity index (χ0) is 19.2. The molecule has 9 heteroatoms. The molecule has 0 atom stereocenters. The van der Waals surface area contributed by atoms with E-state index in [2.05, 4.69) is 9.88 Å². The molecule has 1 aliphatic rings.